The zero-order valence-corrected chi connectivity index (χ0v) is 12.9. The SMILES string of the molecule is COC(=O)c1nn(-c2cc(C)cc(C)c2)c(C)c1Br. The van der Waals surface area contributed by atoms with Crippen LogP contribution in [0.2, 0.25) is 0 Å². The van der Waals surface area contributed by atoms with Gasteiger partial charge >= 0.3 is 5.97 Å². The lowest BCUT2D eigenvalue weighted by Crippen LogP contribution is -2.05. The predicted octanol–water partition coefficient (Wildman–Crippen LogP) is 3.35. The molecule has 0 aliphatic carbocycles. The van der Waals surface area contributed by atoms with Gasteiger partial charge in [0.15, 0.2) is 5.69 Å². The third kappa shape index (κ3) is 2.56. The van der Waals surface area contributed by atoms with E-state index in [1.54, 1.807) is 4.68 Å². The molecule has 0 amide bonds. The highest BCUT2D eigenvalue weighted by atomic mass is 79.9. The van der Waals surface area contributed by atoms with Crippen molar-refractivity contribution >= 4 is 21.9 Å². The van der Waals surface area contributed by atoms with Gasteiger partial charge in [-0.05, 0) is 60.0 Å². The molecule has 19 heavy (non-hydrogen) atoms. The molecule has 2 rings (SSSR count). The van der Waals surface area contributed by atoms with Crippen LogP contribution in [0.15, 0.2) is 22.7 Å². The lowest BCUT2D eigenvalue weighted by molar-refractivity contribution is 0.0592. The van der Waals surface area contributed by atoms with Crippen LogP contribution >= 0.6 is 15.9 Å². The van der Waals surface area contributed by atoms with Crippen LogP contribution in [0.3, 0.4) is 0 Å². The number of aryl methyl sites for hydroxylation is 2. The summed E-state index contributed by atoms with van der Waals surface area (Å²) in [4.78, 5) is 11.6. The van der Waals surface area contributed by atoms with Gasteiger partial charge in [0.05, 0.1) is 23.0 Å². The fraction of sp³-hybridized carbons (Fsp3) is 0.286. The Balaban J connectivity index is 2.60. The third-order valence-electron chi connectivity index (χ3n) is 2.87. The van der Waals surface area contributed by atoms with E-state index in [0.29, 0.717) is 10.2 Å². The molecule has 1 aromatic carbocycles. The van der Waals surface area contributed by atoms with Gasteiger partial charge in [-0.1, -0.05) is 6.07 Å². The molecular weight excluding hydrogens is 308 g/mol. The molecule has 0 bridgehead atoms. The van der Waals surface area contributed by atoms with Crippen LogP contribution in [0, 0.1) is 20.8 Å². The van der Waals surface area contributed by atoms with Crippen molar-refractivity contribution in [1.29, 1.82) is 0 Å². The Kier molecular flexibility index (Phi) is 3.75. The number of methoxy groups -OCH3 is 1. The first kappa shape index (κ1) is 13.8. The topological polar surface area (TPSA) is 44.1 Å². The summed E-state index contributed by atoms with van der Waals surface area (Å²) in [5.74, 6) is -0.446. The average Bonchev–Trinajstić information content (AvgIpc) is 2.64. The van der Waals surface area contributed by atoms with Crippen molar-refractivity contribution in [3.05, 3.63) is 45.2 Å². The molecule has 0 aliphatic heterocycles. The molecule has 0 fully saturated rings. The van der Waals surface area contributed by atoms with Gasteiger partial charge in [-0.25, -0.2) is 9.48 Å². The minimum atomic E-state index is -0.446. The predicted molar refractivity (Wildman–Crippen MR) is 76.8 cm³/mol. The molecule has 1 aromatic heterocycles. The smallest absolute Gasteiger partial charge is 0.359 e. The summed E-state index contributed by atoms with van der Waals surface area (Å²) in [5.41, 5.74) is 4.40. The average molecular weight is 323 g/mol. The highest BCUT2D eigenvalue weighted by molar-refractivity contribution is 9.10. The molecule has 0 spiro atoms. The Morgan fingerprint density at radius 1 is 1.21 bits per heavy atom. The summed E-state index contributed by atoms with van der Waals surface area (Å²) < 4.78 is 7.14. The fourth-order valence-corrected chi connectivity index (χ4v) is 2.44. The number of ether oxygens (including phenoxy) is 1. The highest BCUT2D eigenvalue weighted by Gasteiger charge is 2.20. The van der Waals surface area contributed by atoms with E-state index in [4.69, 9.17) is 4.74 Å². The fourth-order valence-electron chi connectivity index (χ4n) is 2.03. The van der Waals surface area contributed by atoms with Crippen molar-refractivity contribution in [2.24, 2.45) is 0 Å². The molecular formula is C14H15BrN2O2. The second kappa shape index (κ2) is 5.17. The van der Waals surface area contributed by atoms with Crippen LogP contribution in [0.4, 0.5) is 0 Å². The Labute approximate surface area is 120 Å². The molecule has 0 N–H and O–H groups in total. The van der Waals surface area contributed by atoms with Gasteiger partial charge in [-0.2, -0.15) is 5.10 Å². The van der Waals surface area contributed by atoms with E-state index >= 15 is 0 Å². The standard InChI is InChI=1S/C14H15BrN2O2/c1-8-5-9(2)7-11(6-8)17-10(3)12(15)13(16-17)14(18)19-4/h5-7H,1-4H3. The molecule has 0 unspecified atom stereocenters. The minimum Gasteiger partial charge on any atom is -0.464 e. The maximum absolute atomic E-state index is 11.6. The molecule has 0 radical (unpaired) electrons. The zero-order chi connectivity index (χ0) is 14.2. The van der Waals surface area contributed by atoms with E-state index in [1.165, 1.54) is 7.11 Å². The van der Waals surface area contributed by atoms with Crippen LogP contribution < -0.4 is 0 Å². The van der Waals surface area contributed by atoms with E-state index in [2.05, 4.69) is 27.1 Å². The molecule has 2 aromatic rings. The maximum atomic E-state index is 11.6. The normalized spacial score (nSPS) is 10.6. The van der Waals surface area contributed by atoms with Gasteiger partial charge in [-0.3, -0.25) is 0 Å². The van der Waals surface area contributed by atoms with Crippen molar-refractivity contribution in [3.8, 4) is 5.69 Å². The zero-order valence-electron chi connectivity index (χ0n) is 11.3. The quantitative estimate of drug-likeness (QED) is 0.796. The summed E-state index contributed by atoms with van der Waals surface area (Å²) in [5, 5.41) is 4.33. The monoisotopic (exact) mass is 322 g/mol. The number of carbonyl (C=O) groups excluding carboxylic acids is 1. The first-order valence-corrected chi connectivity index (χ1v) is 6.65. The molecule has 0 saturated carbocycles. The third-order valence-corrected chi connectivity index (χ3v) is 3.82. The van der Waals surface area contributed by atoms with Crippen LogP contribution in [0.5, 0.6) is 0 Å². The molecule has 5 heteroatoms. The van der Waals surface area contributed by atoms with Crippen molar-refractivity contribution in [2.45, 2.75) is 20.8 Å². The van der Waals surface area contributed by atoms with Crippen molar-refractivity contribution < 1.29 is 9.53 Å². The number of hydrogen-bond donors (Lipinski definition) is 0. The highest BCUT2D eigenvalue weighted by Crippen LogP contribution is 2.25. The minimum absolute atomic E-state index is 0.291. The summed E-state index contributed by atoms with van der Waals surface area (Å²) >= 11 is 3.39. The van der Waals surface area contributed by atoms with Gasteiger partial charge in [0.25, 0.3) is 0 Å². The summed E-state index contributed by atoms with van der Waals surface area (Å²) in [6.07, 6.45) is 0. The number of halogens is 1. The van der Waals surface area contributed by atoms with Gasteiger partial charge < -0.3 is 4.74 Å². The Bertz CT molecular complexity index is 627. The van der Waals surface area contributed by atoms with Crippen LogP contribution in [0.25, 0.3) is 5.69 Å². The van der Waals surface area contributed by atoms with E-state index in [1.807, 2.05) is 32.9 Å². The summed E-state index contributed by atoms with van der Waals surface area (Å²) in [6, 6.07) is 6.15. The van der Waals surface area contributed by atoms with Gasteiger partial charge in [0.2, 0.25) is 0 Å². The number of hydrogen-bond acceptors (Lipinski definition) is 3. The summed E-state index contributed by atoms with van der Waals surface area (Å²) in [7, 11) is 1.35. The van der Waals surface area contributed by atoms with E-state index in [0.717, 1.165) is 22.5 Å². The number of nitrogens with zero attached hydrogens (tertiary/aromatic N) is 2. The Morgan fingerprint density at radius 2 is 1.79 bits per heavy atom. The molecule has 0 aliphatic rings. The largest absolute Gasteiger partial charge is 0.464 e. The van der Waals surface area contributed by atoms with Crippen LogP contribution in [-0.4, -0.2) is 22.9 Å². The van der Waals surface area contributed by atoms with Gasteiger partial charge in [-0.15, -0.1) is 0 Å². The molecule has 4 nitrogen and oxygen atoms in total. The number of carbonyl (C=O) groups is 1. The second-order valence-corrected chi connectivity index (χ2v) is 5.29. The molecule has 100 valence electrons. The lowest BCUT2D eigenvalue weighted by Gasteiger charge is -2.07. The first-order valence-electron chi connectivity index (χ1n) is 5.86. The Hall–Kier alpha value is -1.62. The van der Waals surface area contributed by atoms with Crippen LogP contribution in [-0.2, 0) is 4.74 Å². The van der Waals surface area contributed by atoms with Gasteiger partial charge in [0.1, 0.15) is 0 Å². The number of rotatable bonds is 2. The number of esters is 1. The number of aromatic nitrogens is 2. The number of benzene rings is 1. The van der Waals surface area contributed by atoms with Gasteiger partial charge in [0, 0.05) is 0 Å². The lowest BCUT2D eigenvalue weighted by atomic mass is 10.1. The summed E-state index contributed by atoms with van der Waals surface area (Å²) in [6.45, 7) is 5.97. The second-order valence-electron chi connectivity index (χ2n) is 4.50. The molecule has 0 saturated heterocycles. The molecule has 0 atom stereocenters. The molecule has 1 heterocycles. The van der Waals surface area contributed by atoms with Crippen LogP contribution in [0.1, 0.15) is 27.3 Å². The van der Waals surface area contributed by atoms with E-state index in [9.17, 15) is 4.79 Å². The van der Waals surface area contributed by atoms with Crippen molar-refractivity contribution in [3.63, 3.8) is 0 Å². The van der Waals surface area contributed by atoms with E-state index < -0.39 is 5.97 Å². The first-order chi connectivity index (χ1) is 8.93. The Morgan fingerprint density at radius 3 is 2.32 bits per heavy atom. The van der Waals surface area contributed by atoms with E-state index in [-0.39, 0.29) is 0 Å². The van der Waals surface area contributed by atoms with Crippen molar-refractivity contribution in [1.82, 2.24) is 9.78 Å². The maximum Gasteiger partial charge on any atom is 0.359 e. The van der Waals surface area contributed by atoms with Crippen molar-refractivity contribution in [2.75, 3.05) is 7.11 Å².